The van der Waals surface area contributed by atoms with Gasteiger partial charge in [-0.05, 0) is 122 Å². The molecular weight excluding hydrogens is 684 g/mol. The fraction of sp³-hybridized carbons (Fsp3) is 0.195. The minimum Gasteiger partial charge on any atom is -0.462 e. The van der Waals surface area contributed by atoms with Gasteiger partial charge in [0.1, 0.15) is 23.0 Å². The highest BCUT2D eigenvalue weighted by molar-refractivity contribution is 5.93. The number of ether oxygens (including phenoxy) is 7. The van der Waals surface area contributed by atoms with Gasteiger partial charge in [0.05, 0.1) is 23.3 Å². The maximum Gasteiger partial charge on any atom is 0.343 e. The van der Waals surface area contributed by atoms with Crippen LogP contribution >= 0.6 is 0 Å². The van der Waals surface area contributed by atoms with Crippen molar-refractivity contribution < 1.29 is 57.1 Å². The van der Waals surface area contributed by atoms with Crippen molar-refractivity contribution >= 4 is 29.8 Å². The van der Waals surface area contributed by atoms with E-state index in [9.17, 15) is 24.0 Å². The van der Waals surface area contributed by atoms with Gasteiger partial charge >= 0.3 is 29.8 Å². The predicted octanol–water partition coefficient (Wildman–Crippen LogP) is 6.89. The molecular formula is C41H38O12. The summed E-state index contributed by atoms with van der Waals surface area (Å²) in [4.78, 5) is 60.8. The molecule has 53 heavy (non-hydrogen) atoms. The maximum atomic E-state index is 12.9. The Hall–Kier alpha value is -6.69. The van der Waals surface area contributed by atoms with Gasteiger partial charge in [-0.3, -0.25) is 0 Å². The van der Waals surface area contributed by atoms with E-state index >= 15 is 0 Å². The Morgan fingerprint density at radius 3 is 1.49 bits per heavy atom. The monoisotopic (exact) mass is 722 g/mol. The van der Waals surface area contributed by atoms with Crippen LogP contribution in [0.3, 0.4) is 0 Å². The lowest BCUT2D eigenvalue weighted by Crippen LogP contribution is -2.12. The van der Waals surface area contributed by atoms with E-state index in [2.05, 4.69) is 13.2 Å². The van der Waals surface area contributed by atoms with Gasteiger partial charge < -0.3 is 33.2 Å². The SMILES string of the molecule is C=CC(=O)OCOc1ccc(C(=O)Oc2ccc(CCOC(=O)c3ccc(OC(=O)c4ccc(OCOC(=O)C=C)c(C)c4)cc3C)c(C)c2)cc1C. The molecule has 4 aromatic carbocycles. The highest BCUT2D eigenvalue weighted by Crippen LogP contribution is 2.25. The van der Waals surface area contributed by atoms with Crippen LogP contribution in [0, 0.1) is 27.7 Å². The Morgan fingerprint density at radius 1 is 0.547 bits per heavy atom. The van der Waals surface area contributed by atoms with Gasteiger partial charge in [-0.1, -0.05) is 19.2 Å². The molecule has 0 atom stereocenters. The lowest BCUT2D eigenvalue weighted by atomic mass is 10.1. The molecule has 0 aliphatic heterocycles. The number of hydrogen-bond acceptors (Lipinski definition) is 12. The lowest BCUT2D eigenvalue weighted by molar-refractivity contribution is -0.145. The Balaban J connectivity index is 1.26. The molecule has 0 unspecified atom stereocenters. The zero-order valence-corrected chi connectivity index (χ0v) is 29.7. The summed E-state index contributed by atoms with van der Waals surface area (Å²) in [6.45, 7) is 13.2. The van der Waals surface area contributed by atoms with Crippen LogP contribution in [0.1, 0.15) is 58.9 Å². The molecule has 0 fully saturated rings. The zero-order valence-electron chi connectivity index (χ0n) is 29.7. The molecule has 0 aliphatic carbocycles. The molecule has 12 heteroatoms. The van der Waals surface area contributed by atoms with Gasteiger partial charge in [-0.25, -0.2) is 24.0 Å². The average molecular weight is 723 g/mol. The van der Waals surface area contributed by atoms with Crippen LogP contribution in [0.25, 0.3) is 0 Å². The largest absolute Gasteiger partial charge is 0.462 e. The summed E-state index contributed by atoms with van der Waals surface area (Å²) in [5, 5.41) is 0. The standard InChI is InChI=1S/C41H38O12/c1-7-37(42)50-23-48-35-15-10-30(19-27(35)5)39(44)52-32-12-9-29(25(3)21-32)17-18-47-41(46)34-14-13-33(22-26(34)4)53-40(45)31-11-16-36(28(6)20-31)49-24-51-38(43)8-2/h7-16,19-22H,1-2,17-18,23-24H2,3-6H3. The first-order valence-electron chi connectivity index (χ1n) is 16.3. The van der Waals surface area contributed by atoms with Gasteiger partial charge in [-0.2, -0.15) is 0 Å². The van der Waals surface area contributed by atoms with Crippen molar-refractivity contribution in [1.29, 1.82) is 0 Å². The number of benzene rings is 4. The first kappa shape index (κ1) is 39.1. The van der Waals surface area contributed by atoms with E-state index in [1.807, 2.05) is 6.92 Å². The highest BCUT2D eigenvalue weighted by atomic mass is 16.7. The number of hydrogen-bond donors (Lipinski definition) is 0. The number of carbonyl (C=O) groups is 5. The van der Waals surface area contributed by atoms with Crippen molar-refractivity contribution in [3.8, 4) is 23.0 Å². The Labute approximate surface area is 306 Å². The smallest absolute Gasteiger partial charge is 0.343 e. The van der Waals surface area contributed by atoms with E-state index in [0.29, 0.717) is 51.5 Å². The van der Waals surface area contributed by atoms with E-state index in [1.54, 1.807) is 75.4 Å². The predicted molar refractivity (Wildman–Crippen MR) is 192 cm³/mol. The second-order valence-corrected chi connectivity index (χ2v) is 11.5. The third-order valence-corrected chi connectivity index (χ3v) is 7.74. The second kappa shape index (κ2) is 18.5. The van der Waals surface area contributed by atoms with Crippen LogP contribution in [-0.2, 0) is 30.2 Å². The third kappa shape index (κ3) is 11.1. The van der Waals surface area contributed by atoms with Crippen molar-refractivity contribution in [2.24, 2.45) is 0 Å². The van der Waals surface area contributed by atoms with Crippen molar-refractivity contribution in [2.75, 3.05) is 20.2 Å². The van der Waals surface area contributed by atoms with Crippen molar-refractivity contribution in [1.82, 2.24) is 0 Å². The summed E-state index contributed by atoms with van der Waals surface area (Å²) >= 11 is 0. The van der Waals surface area contributed by atoms with Gasteiger partial charge in [0, 0.05) is 18.6 Å². The summed E-state index contributed by atoms with van der Waals surface area (Å²) in [5.41, 5.74) is 4.49. The van der Waals surface area contributed by atoms with E-state index in [4.69, 9.17) is 33.2 Å². The van der Waals surface area contributed by atoms with Crippen LogP contribution in [0.15, 0.2) is 98.1 Å². The van der Waals surface area contributed by atoms with Crippen LogP contribution in [-0.4, -0.2) is 50.0 Å². The lowest BCUT2D eigenvalue weighted by Gasteiger charge is -2.12. The molecule has 0 spiro atoms. The Bertz CT molecular complexity index is 2040. The minimum atomic E-state index is -0.616. The van der Waals surface area contributed by atoms with Crippen molar-refractivity contribution in [2.45, 2.75) is 34.1 Å². The first-order valence-corrected chi connectivity index (χ1v) is 16.3. The third-order valence-electron chi connectivity index (χ3n) is 7.74. The van der Waals surface area contributed by atoms with E-state index in [0.717, 1.165) is 23.3 Å². The van der Waals surface area contributed by atoms with Crippen LogP contribution < -0.4 is 18.9 Å². The summed E-state index contributed by atoms with van der Waals surface area (Å²) in [6.07, 6.45) is 2.48. The van der Waals surface area contributed by atoms with E-state index in [1.165, 1.54) is 18.2 Å². The normalized spacial score (nSPS) is 10.3. The van der Waals surface area contributed by atoms with Gasteiger partial charge in [0.25, 0.3) is 0 Å². The first-order chi connectivity index (χ1) is 25.4. The average Bonchev–Trinajstić information content (AvgIpc) is 3.13. The van der Waals surface area contributed by atoms with Crippen molar-refractivity contribution in [3.63, 3.8) is 0 Å². The van der Waals surface area contributed by atoms with Gasteiger partial charge in [0.2, 0.25) is 13.6 Å². The van der Waals surface area contributed by atoms with E-state index < -0.39 is 29.8 Å². The molecule has 0 bridgehead atoms. The van der Waals surface area contributed by atoms with Gasteiger partial charge in [0.15, 0.2) is 0 Å². The maximum absolute atomic E-state index is 12.9. The van der Waals surface area contributed by atoms with Gasteiger partial charge in [-0.15, -0.1) is 0 Å². The molecule has 274 valence electrons. The number of carbonyl (C=O) groups excluding carboxylic acids is 5. The van der Waals surface area contributed by atoms with Crippen LogP contribution in [0.4, 0.5) is 0 Å². The number of rotatable bonds is 16. The molecule has 0 N–H and O–H groups in total. The van der Waals surface area contributed by atoms with Crippen molar-refractivity contribution in [3.05, 3.63) is 143 Å². The minimum absolute atomic E-state index is 0.102. The van der Waals surface area contributed by atoms with E-state index in [-0.39, 0.29) is 31.5 Å². The molecule has 0 aliphatic rings. The quantitative estimate of drug-likeness (QED) is 0.0390. The zero-order chi connectivity index (χ0) is 38.5. The molecule has 12 nitrogen and oxygen atoms in total. The Morgan fingerprint density at radius 2 is 1.04 bits per heavy atom. The van der Waals surface area contributed by atoms with Crippen LogP contribution in [0.2, 0.25) is 0 Å². The number of esters is 5. The number of aryl methyl sites for hydroxylation is 4. The summed E-state index contributed by atoms with van der Waals surface area (Å²) in [6, 6.07) is 19.2. The molecule has 0 radical (unpaired) electrons. The fourth-order valence-electron chi connectivity index (χ4n) is 4.90. The molecule has 4 rings (SSSR count). The second-order valence-electron chi connectivity index (χ2n) is 11.5. The topological polar surface area (TPSA) is 150 Å². The molecule has 0 amide bonds. The van der Waals surface area contributed by atoms with Crippen LogP contribution in [0.5, 0.6) is 23.0 Å². The molecule has 0 saturated carbocycles. The highest BCUT2D eigenvalue weighted by Gasteiger charge is 2.16. The molecule has 4 aromatic rings. The Kier molecular flexibility index (Phi) is 13.7. The fourth-order valence-corrected chi connectivity index (χ4v) is 4.90. The summed E-state index contributed by atoms with van der Waals surface area (Å²) in [5.74, 6) is -1.44. The summed E-state index contributed by atoms with van der Waals surface area (Å²) in [7, 11) is 0. The molecule has 0 saturated heterocycles. The summed E-state index contributed by atoms with van der Waals surface area (Å²) < 4.78 is 37.1. The molecule has 0 heterocycles. The molecule has 0 aromatic heterocycles.